The third-order valence-corrected chi connectivity index (χ3v) is 10.2. The smallest absolute Gasteiger partial charge is 0.312 e. The van der Waals surface area contributed by atoms with Crippen molar-refractivity contribution in [2.24, 2.45) is 34.0 Å². The van der Waals surface area contributed by atoms with Gasteiger partial charge in [0.2, 0.25) is 5.91 Å². The minimum Gasteiger partial charge on any atom is -0.481 e. The lowest BCUT2D eigenvalue weighted by molar-refractivity contribution is -0.180. The Bertz CT molecular complexity index is 879. The zero-order chi connectivity index (χ0) is 23.9. The number of esters is 1. The normalized spacial score (nSPS) is 49.3. The first-order chi connectivity index (χ1) is 15.7. The van der Waals surface area contributed by atoms with Crippen molar-refractivity contribution in [3.8, 4) is 0 Å². The van der Waals surface area contributed by atoms with E-state index in [9.17, 15) is 19.5 Å². The summed E-state index contributed by atoms with van der Waals surface area (Å²) >= 11 is 0. The first kappa shape index (κ1) is 23.1. The molecule has 0 aromatic heterocycles. The lowest BCUT2D eigenvalue weighted by Gasteiger charge is -2.51. The van der Waals surface area contributed by atoms with E-state index in [2.05, 4.69) is 0 Å². The van der Waals surface area contributed by atoms with Crippen molar-refractivity contribution < 1.29 is 38.4 Å². The number of likely N-dealkylation sites (tertiary alicyclic amines) is 1. The quantitative estimate of drug-likeness (QED) is 0.561. The molecule has 0 aromatic rings. The number of rotatable bonds is 7. The van der Waals surface area contributed by atoms with Gasteiger partial charge < -0.3 is 29.0 Å². The Morgan fingerprint density at radius 1 is 1.18 bits per heavy atom. The lowest BCUT2D eigenvalue weighted by atomic mass is 9.56. The van der Waals surface area contributed by atoms with E-state index in [4.69, 9.17) is 18.9 Å². The van der Waals surface area contributed by atoms with Gasteiger partial charge >= 0.3 is 11.9 Å². The Hall–Kier alpha value is -1.71. The van der Waals surface area contributed by atoms with Gasteiger partial charge in [0.15, 0.2) is 0 Å². The molecule has 1 aliphatic heterocycles. The van der Waals surface area contributed by atoms with Gasteiger partial charge in [-0.15, -0.1) is 0 Å². The zero-order valence-electron chi connectivity index (χ0n) is 20.0. The number of carbonyl (C=O) groups is 3. The van der Waals surface area contributed by atoms with E-state index in [0.29, 0.717) is 32.2 Å². The molecule has 10 unspecified atom stereocenters. The van der Waals surface area contributed by atoms with E-state index >= 15 is 0 Å². The Balaban J connectivity index is 1.80. The maximum atomic E-state index is 14.2. The number of carboxylic acid groups (broad SMARTS) is 1. The fourth-order valence-electron chi connectivity index (χ4n) is 9.56. The number of hydrogen-bond acceptors (Lipinski definition) is 7. The van der Waals surface area contributed by atoms with Crippen LogP contribution >= 0.6 is 0 Å². The highest BCUT2D eigenvalue weighted by molar-refractivity contribution is 5.92. The number of hydrogen-bond donors (Lipinski definition) is 1. The maximum absolute atomic E-state index is 14.2. The van der Waals surface area contributed by atoms with Crippen molar-refractivity contribution >= 4 is 17.8 Å². The Morgan fingerprint density at radius 3 is 2.45 bits per heavy atom. The van der Waals surface area contributed by atoms with E-state index in [1.54, 1.807) is 26.2 Å². The van der Waals surface area contributed by atoms with Crippen LogP contribution in [0.4, 0.5) is 0 Å². The van der Waals surface area contributed by atoms with Crippen LogP contribution in [0.15, 0.2) is 0 Å². The average Bonchev–Trinajstić information content (AvgIpc) is 3.42. The summed E-state index contributed by atoms with van der Waals surface area (Å²) in [6.45, 7) is 3.59. The molecule has 4 saturated carbocycles. The molecule has 1 saturated heterocycles. The van der Waals surface area contributed by atoms with E-state index < -0.39 is 34.2 Å². The van der Waals surface area contributed by atoms with Crippen LogP contribution in [0.3, 0.4) is 0 Å². The lowest BCUT2D eigenvalue weighted by Crippen LogP contribution is -2.62. The van der Waals surface area contributed by atoms with Crippen molar-refractivity contribution in [2.75, 3.05) is 34.5 Å². The molecule has 184 valence electrons. The number of carboxylic acids is 1. The first-order valence-corrected chi connectivity index (χ1v) is 12.0. The molecule has 0 radical (unpaired) electrons. The Labute approximate surface area is 194 Å². The summed E-state index contributed by atoms with van der Waals surface area (Å²) in [6.07, 6.45) is 1.35. The fourth-order valence-corrected chi connectivity index (χ4v) is 9.56. The molecule has 0 aromatic carbocycles. The number of methoxy groups -OCH3 is 3. The highest BCUT2D eigenvalue weighted by atomic mass is 16.5. The van der Waals surface area contributed by atoms with Gasteiger partial charge in [0, 0.05) is 52.0 Å². The third-order valence-electron chi connectivity index (χ3n) is 10.2. The van der Waals surface area contributed by atoms with E-state index in [-0.39, 0.29) is 48.6 Å². The molecule has 1 heterocycles. The number of amides is 1. The van der Waals surface area contributed by atoms with E-state index in [0.717, 1.165) is 0 Å². The fraction of sp³-hybridized carbons (Fsp3) is 0.875. The van der Waals surface area contributed by atoms with Crippen molar-refractivity contribution in [3.63, 3.8) is 0 Å². The van der Waals surface area contributed by atoms with Gasteiger partial charge in [0.25, 0.3) is 0 Å². The molecule has 1 amide bonds. The van der Waals surface area contributed by atoms with Crippen LogP contribution in [0, 0.1) is 34.0 Å². The minimum absolute atomic E-state index is 0.0387. The number of aliphatic carboxylic acids is 1. The highest BCUT2D eigenvalue weighted by Crippen LogP contribution is 2.81. The van der Waals surface area contributed by atoms with Gasteiger partial charge in [-0.3, -0.25) is 14.4 Å². The van der Waals surface area contributed by atoms with Crippen LogP contribution in [0.5, 0.6) is 0 Å². The molecule has 9 nitrogen and oxygen atoms in total. The largest absolute Gasteiger partial charge is 0.481 e. The summed E-state index contributed by atoms with van der Waals surface area (Å²) in [5.74, 6) is -1.78. The van der Waals surface area contributed by atoms with Crippen LogP contribution in [0.1, 0.15) is 39.5 Å². The van der Waals surface area contributed by atoms with Gasteiger partial charge in [0.1, 0.15) is 6.61 Å². The van der Waals surface area contributed by atoms with Crippen LogP contribution < -0.4 is 0 Å². The molecule has 1 spiro atoms. The topological polar surface area (TPSA) is 112 Å². The van der Waals surface area contributed by atoms with Gasteiger partial charge in [-0.1, -0.05) is 0 Å². The van der Waals surface area contributed by atoms with Crippen molar-refractivity contribution in [2.45, 2.75) is 63.9 Å². The molecular formula is C24H35NO8. The standard InChI is InChI=1S/C24H35NO8/c1-6-25-19-23(21(28)29)10-15(30-3)13-9-14(17(23)18(13)32-5)24(19)16(31-4)7-8-22(24,20(25)27)11-33-12(2)26/h13-19H,6-11H2,1-5H3,(H,28,29). The van der Waals surface area contributed by atoms with Gasteiger partial charge in [-0.2, -0.15) is 0 Å². The average molecular weight is 466 g/mol. The summed E-state index contributed by atoms with van der Waals surface area (Å²) in [6, 6.07) is -0.574. The number of nitrogens with zero attached hydrogens (tertiary/aromatic N) is 1. The SMILES string of the molecule is CCN1C(=O)C2(COC(C)=O)CCC(OC)C23C2CC4C(OC)CC(C(=O)O)(C2C4OC)C13. The van der Waals surface area contributed by atoms with Gasteiger partial charge in [-0.25, -0.2) is 0 Å². The van der Waals surface area contributed by atoms with Crippen molar-refractivity contribution in [3.05, 3.63) is 0 Å². The van der Waals surface area contributed by atoms with Gasteiger partial charge in [-0.05, 0) is 38.5 Å². The molecule has 1 N–H and O–H groups in total. The third kappa shape index (κ3) is 2.32. The van der Waals surface area contributed by atoms with Crippen LogP contribution in [-0.2, 0) is 33.3 Å². The second-order valence-electron chi connectivity index (χ2n) is 10.6. The second-order valence-corrected chi connectivity index (χ2v) is 10.6. The molecule has 10 atom stereocenters. The number of ether oxygens (including phenoxy) is 4. The molecule has 5 aliphatic rings. The van der Waals surface area contributed by atoms with Crippen molar-refractivity contribution in [1.82, 2.24) is 4.90 Å². The molecule has 9 heteroatoms. The molecule has 2 bridgehead atoms. The van der Waals surface area contributed by atoms with Crippen LogP contribution in [-0.4, -0.2) is 86.7 Å². The predicted molar refractivity (Wildman–Crippen MR) is 114 cm³/mol. The molecule has 4 aliphatic carbocycles. The summed E-state index contributed by atoms with van der Waals surface area (Å²) in [4.78, 5) is 41.2. The number of carbonyl (C=O) groups excluding carboxylic acids is 2. The molecule has 33 heavy (non-hydrogen) atoms. The van der Waals surface area contributed by atoms with Crippen LogP contribution in [0.25, 0.3) is 0 Å². The minimum atomic E-state index is -1.22. The van der Waals surface area contributed by atoms with Crippen molar-refractivity contribution in [1.29, 1.82) is 0 Å². The highest BCUT2D eigenvalue weighted by Gasteiger charge is 2.90. The Kier molecular flexibility index (Phi) is 5.16. The summed E-state index contributed by atoms with van der Waals surface area (Å²) in [7, 11) is 4.93. The number of fused-ring (bicyclic) bond motifs is 2. The summed E-state index contributed by atoms with van der Waals surface area (Å²) in [5, 5.41) is 10.9. The maximum Gasteiger partial charge on any atom is 0.312 e. The second kappa shape index (κ2) is 7.39. The van der Waals surface area contributed by atoms with Gasteiger partial charge in [0.05, 0.1) is 35.2 Å². The predicted octanol–water partition coefficient (Wildman–Crippen LogP) is 1.33. The summed E-state index contributed by atoms with van der Waals surface area (Å²) in [5.41, 5.74) is -2.98. The van der Waals surface area contributed by atoms with E-state index in [1.807, 2.05) is 6.92 Å². The van der Waals surface area contributed by atoms with Crippen LogP contribution in [0.2, 0.25) is 0 Å². The molecule has 5 fully saturated rings. The zero-order valence-corrected chi connectivity index (χ0v) is 20.0. The molecular weight excluding hydrogens is 430 g/mol. The Morgan fingerprint density at radius 2 is 1.91 bits per heavy atom. The monoisotopic (exact) mass is 465 g/mol. The first-order valence-electron chi connectivity index (χ1n) is 12.0. The summed E-state index contributed by atoms with van der Waals surface area (Å²) < 4.78 is 23.5. The van der Waals surface area contributed by atoms with E-state index in [1.165, 1.54) is 6.92 Å². The molecule has 5 rings (SSSR count).